The van der Waals surface area contributed by atoms with Gasteiger partial charge in [-0.05, 0) is 42.5 Å². The number of nitrogens with one attached hydrogen (secondary N) is 2. The van der Waals surface area contributed by atoms with Crippen LogP contribution in [0, 0.1) is 10.1 Å². The molecule has 11 heteroatoms. The van der Waals surface area contributed by atoms with Crippen LogP contribution in [0.25, 0.3) is 0 Å². The Morgan fingerprint density at radius 1 is 0.900 bits per heavy atom. The number of nitrogens with zero attached hydrogens (tertiary/aromatic N) is 1. The molecular formula is C19H13Cl2N3O5S. The van der Waals surface area contributed by atoms with Crippen molar-refractivity contribution in [1.82, 2.24) is 0 Å². The summed E-state index contributed by atoms with van der Waals surface area (Å²) in [5.74, 6) is -0.496. The molecule has 0 aliphatic rings. The number of non-ortho nitro benzene ring substituents is 1. The summed E-state index contributed by atoms with van der Waals surface area (Å²) in [5, 5.41) is 14.1. The number of amides is 1. The molecule has 3 rings (SSSR count). The zero-order valence-electron chi connectivity index (χ0n) is 15.0. The molecule has 30 heavy (non-hydrogen) atoms. The molecule has 0 aromatic heterocycles. The number of nitro groups is 1. The van der Waals surface area contributed by atoms with E-state index in [0.29, 0.717) is 10.7 Å². The highest BCUT2D eigenvalue weighted by molar-refractivity contribution is 7.92. The molecule has 0 bridgehead atoms. The van der Waals surface area contributed by atoms with Crippen LogP contribution in [0.3, 0.4) is 0 Å². The van der Waals surface area contributed by atoms with Crippen molar-refractivity contribution in [1.29, 1.82) is 0 Å². The first-order valence-corrected chi connectivity index (χ1v) is 10.5. The zero-order valence-corrected chi connectivity index (χ0v) is 17.3. The topological polar surface area (TPSA) is 118 Å². The van der Waals surface area contributed by atoms with Crippen molar-refractivity contribution >= 4 is 56.2 Å². The Kier molecular flexibility index (Phi) is 6.25. The van der Waals surface area contributed by atoms with Crippen molar-refractivity contribution in [2.24, 2.45) is 0 Å². The Labute approximate surface area is 181 Å². The van der Waals surface area contributed by atoms with Crippen LogP contribution in [-0.2, 0) is 10.0 Å². The summed E-state index contributed by atoms with van der Waals surface area (Å²) in [6.45, 7) is 0. The van der Waals surface area contributed by atoms with Gasteiger partial charge in [0.2, 0.25) is 0 Å². The van der Waals surface area contributed by atoms with Crippen LogP contribution >= 0.6 is 23.2 Å². The molecule has 0 spiro atoms. The SMILES string of the molecule is O=C(Nc1ccc(Cl)c(Cl)c1)c1cccc(NS(=O)(=O)c2cccc([N+](=O)[O-])c2)c1. The molecular weight excluding hydrogens is 453 g/mol. The van der Waals surface area contributed by atoms with E-state index in [1.54, 1.807) is 6.07 Å². The fourth-order valence-corrected chi connectivity index (χ4v) is 3.87. The van der Waals surface area contributed by atoms with Gasteiger partial charge < -0.3 is 5.32 Å². The predicted molar refractivity (Wildman–Crippen MR) is 115 cm³/mol. The van der Waals surface area contributed by atoms with Gasteiger partial charge in [-0.3, -0.25) is 19.6 Å². The molecule has 1 amide bonds. The second kappa shape index (κ2) is 8.70. The van der Waals surface area contributed by atoms with E-state index in [0.717, 1.165) is 6.07 Å². The number of nitro benzene ring substituents is 1. The normalized spacial score (nSPS) is 11.0. The van der Waals surface area contributed by atoms with Crippen molar-refractivity contribution in [3.05, 3.63) is 92.5 Å². The van der Waals surface area contributed by atoms with Crippen molar-refractivity contribution in [2.75, 3.05) is 10.0 Å². The third kappa shape index (κ3) is 5.07. The monoisotopic (exact) mass is 465 g/mol. The highest BCUT2D eigenvalue weighted by atomic mass is 35.5. The van der Waals surface area contributed by atoms with Gasteiger partial charge in [-0.2, -0.15) is 0 Å². The lowest BCUT2D eigenvalue weighted by Crippen LogP contribution is -2.15. The Balaban J connectivity index is 1.81. The van der Waals surface area contributed by atoms with Gasteiger partial charge in [0.15, 0.2) is 0 Å². The molecule has 8 nitrogen and oxygen atoms in total. The largest absolute Gasteiger partial charge is 0.322 e. The Morgan fingerprint density at radius 3 is 2.33 bits per heavy atom. The van der Waals surface area contributed by atoms with E-state index in [2.05, 4.69) is 10.0 Å². The van der Waals surface area contributed by atoms with Crippen molar-refractivity contribution in [2.45, 2.75) is 4.90 Å². The molecule has 3 aromatic carbocycles. The van der Waals surface area contributed by atoms with Crippen molar-refractivity contribution < 1.29 is 18.1 Å². The van der Waals surface area contributed by atoms with Gasteiger partial charge in [0.25, 0.3) is 21.6 Å². The van der Waals surface area contributed by atoms with Crippen LogP contribution in [0.4, 0.5) is 17.1 Å². The number of hydrogen-bond donors (Lipinski definition) is 2. The lowest BCUT2D eigenvalue weighted by atomic mass is 10.2. The average molecular weight is 466 g/mol. The summed E-state index contributed by atoms with van der Waals surface area (Å²) in [6.07, 6.45) is 0. The van der Waals surface area contributed by atoms with Gasteiger partial charge in [0.05, 0.1) is 19.9 Å². The Morgan fingerprint density at radius 2 is 1.63 bits per heavy atom. The fraction of sp³-hybridized carbons (Fsp3) is 0. The van der Waals surface area contributed by atoms with Gasteiger partial charge in [-0.15, -0.1) is 0 Å². The summed E-state index contributed by atoms with van der Waals surface area (Å²) < 4.78 is 27.4. The van der Waals surface area contributed by atoms with E-state index in [1.165, 1.54) is 54.6 Å². The lowest BCUT2D eigenvalue weighted by Gasteiger charge is -2.10. The average Bonchev–Trinajstić information content (AvgIpc) is 2.70. The second-order valence-corrected chi connectivity index (χ2v) is 8.52. The number of benzene rings is 3. The molecule has 0 saturated carbocycles. The molecule has 0 aliphatic carbocycles. The maximum atomic E-state index is 12.6. The van der Waals surface area contributed by atoms with Gasteiger partial charge in [0, 0.05) is 29.1 Å². The molecule has 154 valence electrons. The van der Waals surface area contributed by atoms with Gasteiger partial charge >= 0.3 is 0 Å². The minimum atomic E-state index is -4.10. The zero-order chi connectivity index (χ0) is 21.9. The van der Waals surface area contributed by atoms with Crippen LogP contribution in [0.15, 0.2) is 71.6 Å². The third-order valence-electron chi connectivity index (χ3n) is 3.89. The van der Waals surface area contributed by atoms with E-state index in [1.807, 2.05) is 0 Å². The van der Waals surface area contributed by atoms with E-state index in [4.69, 9.17) is 23.2 Å². The number of halogens is 2. The smallest absolute Gasteiger partial charge is 0.270 e. The number of rotatable bonds is 6. The van der Waals surface area contributed by atoms with Gasteiger partial charge in [-0.1, -0.05) is 35.3 Å². The number of sulfonamides is 1. The van der Waals surface area contributed by atoms with E-state index in [-0.39, 0.29) is 26.9 Å². The Bertz CT molecular complexity index is 1250. The first-order valence-electron chi connectivity index (χ1n) is 8.29. The maximum absolute atomic E-state index is 12.6. The second-order valence-electron chi connectivity index (χ2n) is 6.02. The fourth-order valence-electron chi connectivity index (χ4n) is 2.48. The lowest BCUT2D eigenvalue weighted by molar-refractivity contribution is -0.385. The Hall–Kier alpha value is -3.14. The third-order valence-corrected chi connectivity index (χ3v) is 6.01. The van der Waals surface area contributed by atoms with Crippen molar-refractivity contribution in [3.8, 4) is 0 Å². The number of carbonyl (C=O) groups is 1. The number of hydrogen-bond acceptors (Lipinski definition) is 5. The predicted octanol–water partition coefficient (Wildman–Crippen LogP) is 4.95. The quantitative estimate of drug-likeness (QED) is 0.394. The van der Waals surface area contributed by atoms with Crippen LogP contribution < -0.4 is 10.0 Å². The molecule has 2 N–H and O–H groups in total. The summed E-state index contributed by atoms with van der Waals surface area (Å²) in [5.41, 5.74) is 0.355. The molecule has 0 saturated heterocycles. The van der Waals surface area contributed by atoms with Crippen molar-refractivity contribution in [3.63, 3.8) is 0 Å². The first kappa shape index (κ1) is 21.6. The first-order chi connectivity index (χ1) is 14.2. The minimum absolute atomic E-state index is 0.114. The maximum Gasteiger partial charge on any atom is 0.270 e. The summed E-state index contributed by atoms with van der Waals surface area (Å²) in [7, 11) is -4.10. The van der Waals surface area contributed by atoms with Crippen LogP contribution in [0.2, 0.25) is 10.0 Å². The van der Waals surface area contributed by atoms with Crippen LogP contribution in [0.1, 0.15) is 10.4 Å². The number of anilines is 2. The van der Waals surface area contributed by atoms with E-state index >= 15 is 0 Å². The highest BCUT2D eigenvalue weighted by Gasteiger charge is 2.18. The summed E-state index contributed by atoms with van der Waals surface area (Å²) >= 11 is 11.8. The minimum Gasteiger partial charge on any atom is -0.322 e. The molecule has 3 aromatic rings. The summed E-state index contributed by atoms with van der Waals surface area (Å²) in [6, 6.07) is 15.0. The van der Waals surface area contributed by atoms with Gasteiger partial charge in [0.1, 0.15) is 0 Å². The molecule has 0 radical (unpaired) electrons. The molecule has 0 aliphatic heterocycles. The molecule has 0 heterocycles. The summed E-state index contributed by atoms with van der Waals surface area (Å²) in [4.78, 5) is 22.4. The number of carbonyl (C=O) groups excluding carboxylic acids is 1. The van der Waals surface area contributed by atoms with E-state index < -0.39 is 20.9 Å². The van der Waals surface area contributed by atoms with Gasteiger partial charge in [-0.25, -0.2) is 8.42 Å². The van der Waals surface area contributed by atoms with Crippen LogP contribution in [-0.4, -0.2) is 19.2 Å². The molecule has 0 fully saturated rings. The highest BCUT2D eigenvalue weighted by Crippen LogP contribution is 2.26. The van der Waals surface area contributed by atoms with Crippen LogP contribution in [0.5, 0.6) is 0 Å². The molecule has 0 atom stereocenters. The standard InChI is InChI=1S/C19H13Cl2N3O5S/c20-17-8-7-13(10-18(17)21)22-19(25)12-3-1-4-14(9-12)23-30(28,29)16-6-2-5-15(11-16)24(26)27/h1-11,23H,(H,22,25). The molecule has 0 unspecified atom stereocenters. The van der Waals surface area contributed by atoms with E-state index in [9.17, 15) is 23.3 Å².